The number of nitrogens with one attached hydrogen (secondary N) is 1. The van der Waals surface area contributed by atoms with Gasteiger partial charge in [-0.05, 0) is 67.2 Å². The number of hydrogen-bond donors (Lipinski definition) is 2. The molecule has 6 nitrogen and oxygen atoms in total. The summed E-state index contributed by atoms with van der Waals surface area (Å²) in [5.74, 6) is 1.43. The third-order valence-electron chi connectivity index (χ3n) is 8.24. The number of hydrogen-bond acceptors (Lipinski definition) is 4. The highest BCUT2D eigenvalue weighted by Crippen LogP contribution is 2.31. The van der Waals surface area contributed by atoms with Crippen LogP contribution in [-0.4, -0.2) is 40.8 Å². The van der Waals surface area contributed by atoms with Crippen molar-refractivity contribution in [3.63, 3.8) is 0 Å². The minimum Gasteiger partial charge on any atom is -0.492 e. The maximum Gasteiger partial charge on any atom is 0.274 e. The zero-order valence-electron chi connectivity index (χ0n) is 23.7. The number of ether oxygens (including phenoxy) is 1. The van der Waals surface area contributed by atoms with E-state index in [2.05, 4.69) is 28.6 Å². The smallest absolute Gasteiger partial charge is 0.274 e. The largest absolute Gasteiger partial charge is 0.492 e. The van der Waals surface area contributed by atoms with Gasteiger partial charge in [-0.15, -0.1) is 0 Å². The Labute approximate surface area is 234 Å². The molecule has 2 N–H and O–H groups in total. The van der Waals surface area contributed by atoms with Crippen LogP contribution in [0.2, 0.25) is 0 Å². The van der Waals surface area contributed by atoms with E-state index in [1.54, 1.807) is 17.6 Å². The lowest BCUT2D eigenvalue weighted by Gasteiger charge is -2.24. The van der Waals surface area contributed by atoms with Crippen molar-refractivity contribution >= 4 is 16.8 Å². The van der Waals surface area contributed by atoms with Gasteiger partial charge in [-0.1, -0.05) is 88.8 Å². The molecule has 2 aromatic carbocycles. The van der Waals surface area contributed by atoms with Gasteiger partial charge in [0.05, 0.1) is 6.54 Å². The first kappa shape index (κ1) is 29.2. The molecule has 1 aliphatic carbocycles. The molecule has 1 amide bonds. The van der Waals surface area contributed by atoms with Gasteiger partial charge in [-0.25, -0.2) is 5.48 Å². The van der Waals surface area contributed by atoms with Crippen LogP contribution < -0.4 is 10.2 Å². The predicted octanol–water partition coefficient (Wildman–Crippen LogP) is 7.58. The zero-order valence-corrected chi connectivity index (χ0v) is 23.7. The lowest BCUT2D eigenvalue weighted by atomic mass is 9.81. The topological polar surface area (TPSA) is 66.7 Å². The van der Waals surface area contributed by atoms with Gasteiger partial charge in [-0.2, -0.15) is 0 Å². The number of benzene rings is 2. The van der Waals surface area contributed by atoms with Crippen molar-refractivity contribution in [2.24, 2.45) is 5.92 Å². The Morgan fingerprint density at radius 2 is 1.69 bits per heavy atom. The monoisotopic (exact) mass is 533 g/mol. The van der Waals surface area contributed by atoms with Crippen molar-refractivity contribution in [1.29, 1.82) is 0 Å². The summed E-state index contributed by atoms with van der Waals surface area (Å²) in [6, 6.07) is 15.8. The number of fused-ring (bicyclic) bond motifs is 1. The Morgan fingerprint density at radius 3 is 2.38 bits per heavy atom. The summed E-state index contributed by atoms with van der Waals surface area (Å²) in [5.41, 5.74) is 4.36. The van der Waals surface area contributed by atoms with E-state index in [0.717, 1.165) is 35.7 Å². The number of nitrogens with zero attached hydrogens (tertiary/aromatic N) is 2. The molecular formula is C33H47N3O3. The SMILES string of the molecule is CN(CCCCCCCCCCC1CCC1)Cc1ccc(OCCn2ccc3ccc(C(=O)NO)cc32)cc1. The Bertz CT molecular complexity index is 1140. The van der Waals surface area contributed by atoms with Gasteiger partial charge in [0.2, 0.25) is 0 Å². The summed E-state index contributed by atoms with van der Waals surface area (Å²) in [5, 5.41) is 9.94. The molecule has 0 aliphatic heterocycles. The first-order valence-corrected chi connectivity index (χ1v) is 15.1. The van der Waals surface area contributed by atoms with Gasteiger partial charge in [0, 0.05) is 23.8 Å². The molecule has 212 valence electrons. The fourth-order valence-electron chi connectivity index (χ4n) is 5.59. The van der Waals surface area contributed by atoms with Crippen LogP contribution in [0, 0.1) is 5.92 Å². The molecule has 3 aromatic rings. The van der Waals surface area contributed by atoms with Crippen molar-refractivity contribution in [3.05, 3.63) is 65.9 Å². The quantitative estimate of drug-likeness (QED) is 0.100. The van der Waals surface area contributed by atoms with E-state index in [1.807, 2.05) is 30.5 Å². The number of unbranched alkanes of at least 4 members (excludes halogenated alkanes) is 7. The molecule has 4 rings (SSSR count). The average molecular weight is 534 g/mol. The highest BCUT2D eigenvalue weighted by atomic mass is 16.5. The highest BCUT2D eigenvalue weighted by molar-refractivity contribution is 5.97. The van der Waals surface area contributed by atoms with Crippen LogP contribution in [-0.2, 0) is 13.1 Å². The van der Waals surface area contributed by atoms with Crippen LogP contribution >= 0.6 is 0 Å². The number of aromatic nitrogens is 1. The minimum absolute atomic E-state index is 0.423. The van der Waals surface area contributed by atoms with Crippen LogP contribution in [0.4, 0.5) is 0 Å². The summed E-state index contributed by atoms with van der Waals surface area (Å²) >= 11 is 0. The highest BCUT2D eigenvalue weighted by Gasteiger charge is 2.16. The maximum absolute atomic E-state index is 11.7. The summed E-state index contributed by atoms with van der Waals surface area (Å²) in [7, 11) is 2.21. The molecule has 1 aliphatic rings. The molecular weight excluding hydrogens is 486 g/mol. The second-order valence-corrected chi connectivity index (χ2v) is 11.4. The van der Waals surface area contributed by atoms with Crippen molar-refractivity contribution in [2.75, 3.05) is 20.2 Å². The first-order valence-electron chi connectivity index (χ1n) is 15.1. The van der Waals surface area contributed by atoms with E-state index in [1.165, 1.54) is 82.6 Å². The maximum atomic E-state index is 11.7. The molecule has 39 heavy (non-hydrogen) atoms. The zero-order chi connectivity index (χ0) is 27.3. The van der Waals surface area contributed by atoms with Crippen molar-refractivity contribution < 1.29 is 14.7 Å². The third kappa shape index (κ3) is 9.40. The Morgan fingerprint density at radius 1 is 0.974 bits per heavy atom. The fraction of sp³-hybridized carbons (Fsp3) is 0.545. The summed E-state index contributed by atoms with van der Waals surface area (Å²) in [4.78, 5) is 14.2. The lowest BCUT2D eigenvalue weighted by molar-refractivity contribution is 0.0706. The molecule has 1 aromatic heterocycles. The van der Waals surface area contributed by atoms with Gasteiger partial charge in [0.1, 0.15) is 12.4 Å². The standard InChI is InChI=1S/C33H47N3O3/c1-35(21-9-7-5-3-2-4-6-8-11-27-12-10-13-27)26-28-14-18-31(19-15-28)39-24-23-36-22-20-29-16-17-30(25-32(29)36)33(37)34-38/h14-20,22,25,27,38H,2-13,21,23-24,26H2,1H3,(H,34,37). The van der Waals surface area contributed by atoms with Crippen molar-refractivity contribution in [2.45, 2.75) is 90.1 Å². The Hall–Kier alpha value is -2.83. The van der Waals surface area contributed by atoms with E-state index in [9.17, 15) is 4.79 Å². The van der Waals surface area contributed by atoms with Crippen LogP contribution in [0.25, 0.3) is 10.9 Å². The predicted molar refractivity (Wildman–Crippen MR) is 158 cm³/mol. The van der Waals surface area contributed by atoms with E-state index < -0.39 is 5.91 Å². The average Bonchev–Trinajstić information content (AvgIpc) is 3.33. The van der Waals surface area contributed by atoms with Crippen LogP contribution in [0.3, 0.4) is 0 Å². The van der Waals surface area contributed by atoms with E-state index in [-0.39, 0.29) is 0 Å². The molecule has 1 saturated carbocycles. The lowest BCUT2D eigenvalue weighted by Crippen LogP contribution is -2.19. The van der Waals surface area contributed by atoms with Gasteiger partial charge < -0.3 is 14.2 Å². The fourth-order valence-corrected chi connectivity index (χ4v) is 5.59. The Balaban J connectivity index is 1.06. The van der Waals surface area contributed by atoms with E-state index in [4.69, 9.17) is 9.94 Å². The molecule has 1 fully saturated rings. The number of carbonyl (C=O) groups is 1. The normalized spacial score (nSPS) is 13.6. The molecule has 6 heteroatoms. The molecule has 0 saturated heterocycles. The van der Waals surface area contributed by atoms with Crippen LogP contribution in [0.5, 0.6) is 5.75 Å². The summed E-state index contributed by atoms with van der Waals surface area (Å²) in [6.07, 6.45) is 19.1. The van der Waals surface area contributed by atoms with Gasteiger partial charge in [0.25, 0.3) is 5.91 Å². The van der Waals surface area contributed by atoms with Crippen molar-refractivity contribution in [3.8, 4) is 5.75 Å². The second-order valence-electron chi connectivity index (χ2n) is 11.4. The van der Waals surface area contributed by atoms with Gasteiger partial charge >= 0.3 is 0 Å². The number of rotatable bonds is 18. The van der Waals surface area contributed by atoms with Crippen LogP contribution in [0.1, 0.15) is 93.0 Å². The molecule has 0 radical (unpaired) electrons. The molecule has 0 bridgehead atoms. The second kappa shape index (κ2) is 15.7. The minimum atomic E-state index is -0.512. The molecule has 1 heterocycles. The Kier molecular flexibility index (Phi) is 11.7. The van der Waals surface area contributed by atoms with Crippen molar-refractivity contribution in [1.82, 2.24) is 14.9 Å². The number of hydroxylamine groups is 1. The van der Waals surface area contributed by atoms with E-state index in [0.29, 0.717) is 18.7 Å². The van der Waals surface area contributed by atoms with Crippen LogP contribution in [0.15, 0.2) is 54.7 Å². The van der Waals surface area contributed by atoms with Gasteiger partial charge in [0.15, 0.2) is 0 Å². The summed E-state index contributed by atoms with van der Waals surface area (Å²) < 4.78 is 8.04. The molecule has 0 spiro atoms. The third-order valence-corrected chi connectivity index (χ3v) is 8.24. The number of amides is 1. The molecule has 0 atom stereocenters. The van der Waals surface area contributed by atoms with E-state index >= 15 is 0 Å². The van der Waals surface area contributed by atoms with Gasteiger partial charge in [-0.3, -0.25) is 10.0 Å². The molecule has 0 unspecified atom stereocenters. The number of carbonyl (C=O) groups excluding carboxylic acids is 1. The summed E-state index contributed by atoms with van der Waals surface area (Å²) in [6.45, 7) is 3.30. The first-order chi connectivity index (χ1) is 19.1.